The normalized spacial score (nSPS) is 37.6. The quantitative estimate of drug-likeness (QED) is 0.373. The van der Waals surface area contributed by atoms with Crippen molar-refractivity contribution in [3.05, 3.63) is 60.7 Å². The minimum absolute atomic E-state index is 0.152. The molecule has 0 saturated carbocycles. The lowest BCUT2D eigenvalue weighted by atomic mass is 9.98. The van der Waals surface area contributed by atoms with Crippen LogP contribution in [0, 0.1) is 0 Å². The van der Waals surface area contributed by atoms with E-state index in [9.17, 15) is 0 Å². The Hall–Kier alpha value is -1.31. The summed E-state index contributed by atoms with van der Waals surface area (Å²) in [4.78, 5) is 0. The molecule has 248 valence electrons. The summed E-state index contributed by atoms with van der Waals surface area (Å²) in [6.45, 7) is 18.6. The molecule has 6 rings (SSSR count). The van der Waals surface area contributed by atoms with Crippen LogP contribution in [0.3, 0.4) is 0 Å². The van der Waals surface area contributed by atoms with Gasteiger partial charge >= 0.3 is 0 Å². The van der Waals surface area contributed by atoms with Crippen LogP contribution in [0.4, 0.5) is 0 Å². The highest BCUT2D eigenvalue weighted by Crippen LogP contribution is 2.46. The Morgan fingerprint density at radius 2 is 1.11 bits per heavy atom. The van der Waals surface area contributed by atoms with E-state index in [1.165, 1.54) is 10.4 Å². The van der Waals surface area contributed by atoms with Crippen molar-refractivity contribution in [3.63, 3.8) is 0 Å². The Kier molecular flexibility index (Phi) is 9.17. The Labute approximate surface area is 273 Å². The van der Waals surface area contributed by atoms with Gasteiger partial charge in [0, 0.05) is 0 Å². The van der Waals surface area contributed by atoms with Gasteiger partial charge in [0.15, 0.2) is 17.9 Å². The monoisotopic (exact) mass is 658 g/mol. The minimum atomic E-state index is -3.05. The van der Waals surface area contributed by atoms with Crippen molar-refractivity contribution in [1.29, 1.82) is 0 Å². The molecular weight excluding hydrogens is 609 g/mol. The molecule has 10 atom stereocenters. The van der Waals surface area contributed by atoms with Gasteiger partial charge in [-0.3, -0.25) is 0 Å². The van der Waals surface area contributed by atoms with Crippen molar-refractivity contribution in [3.8, 4) is 0 Å². The Balaban J connectivity index is 1.45. The molecule has 4 aliphatic heterocycles. The van der Waals surface area contributed by atoms with Crippen molar-refractivity contribution < 1.29 is 37.6 Å². The molecule has 0 N–H and O–H groups in total. The summed E-state index contributed by atoms with van der Waals surface area (Å²) in [5.74, 6) is -1.57. The third-order valence-electron chi connectivity index (χ3n) is 9.39. The zero-order valence-electron chi connectivity index (χ0n) is 28.2. The molecular formula is C35H50O8SSi. The molecule has 2 aromatic rings. The van der Waals surface area contributed by atoms with Gasteiger partial charge in [0.1, 0.15) is 42.1 Å². The lowest BCUT2D eigenvalue weighted by Gasteiger charge is -2.51. The highest BCUT2D eigenvalue weighted by molar-refractivity contribution is 7.99. The highest BCUT2D eigenvalue weighted by atomic mass is 32.2. The standard InChI is InChI=1S/C35H50O8SSi/c1-21-25-27(41-34(6,7)39-25)29(31(36-21)38-30-28-26(40-35(8,9)42-28)22(2)37-32(30)44-10)43-45(33(3,4)5,23-17-13-11-14-18-23)24-19-15-12-16-20-24/h11-22,25-32H,1-10H3/t21-,22-,25+,26+,27+,28+,29-,30-,31-,32+/m0/s1. The summed E-state index contributed by atoms with van der Waals surface area (Å²) in [7, 11) is -3.05. The highest BCUT2D eigenvalue weighted by Gasteiger charge is 2.62. The smallest absolute Gasteiger partial charge is 0.261 e. The summed E-state index contributed by atoms with van der Waals surface area (Å²) in [6, 6.07) is 21.2. The molecule has 0 unspecified atom stereocenters. The van der Waals surface area contributed by atoms with Crippen LogP contribution in [-0.2, 0) is 37.6 Å². The number of hydrogen-bond acceptors (Lipinski definition) is 9. The summed E-state index contributed by atoms with van der Waals surface area (Å²) in [6.07, 6.45) is -1.68. The van der Waals surface area contributed by atoms with E-state index in [2.05, 4.69) is 69.3 Å². The van der Waals surface area contributed by atoms with Gasteiger partial charge in [-0.05, 0) is 63.2 Å². The molecule has 10 heteroatoms. The maximum atomic E-state index is 7.73. The molecule has 2 aromatic carbocycles. The van der Waals surface area contributed by atoms with Gasteiger partial charge in [0.25, 0.3) is 8.32 Å². The summed E-state index contributed by atoms with van der Waals surface area (Å²) in [5.41, 5.74) is -0.291. The first-order chi connectivity index (χ1) is 21.2. The van der Waals surface area contributed by atoms with E-state index >= 15 is 0 Å². The lowest BCUT2D eigenvalue weighted by molar-refractivity contribution is -0.307. The van der Waals surface area contributed by atoms with E-state index in [0.717, 1.165) is 0 Å². The van der Waals surface area contributed by atoms with Crippen LogP contribution >= 0.6 is 11.8 Å². The van der Waals surface area contributed by atoms with Crippen LogP contribution in [0.1, 0.15) is 62.3 Å². The fourth-order valence-electron chi connectivity index (χ4n) is 7.52. The first-order valence-electron chi connectivity index (χ1n) is 16.2. The van der Waals surface area contributed by atoms with Gasteiger partial charge in [0.2, 0.25) is 0 Å². The van der Waals surface area contributed by atoms with E-state index in [1.807, 2.05) is 59.9 Å². The second-order valence-electron chi connectivity index (χ2n) is 14.6. The predicted molar refractivity (Wildman–Crippen MR) is 177 cm³/mol. The van der Waals surface area contributed by atoms with Gasteiger partial charge in [-0.2, -0.15) is 0 Å². The largest absolute Gasteiger partial charge is 0.396 e. The van der Waals surface area contributed by atoms with Crippen LogP contribution < -0.4 is 10.4 Å². The van der Waals surface area contributed by atoms with Gasteiger partial charge in [-0.1, -0.05) is 81.4 Å². The van der Waals surface area contributed by atoms with E-state index < -0.39 is 44.5 Å². The van der Waals surface area contributed by atoms with Crippen LogP contribution in [0.5, 0.6) is 0 Å². The van der Waals surface area contributed by atoms with E-state index in [4.69, 9.17) is 37.6 Å². The number of thioether (sulfide) groups is 1. The molecule has 0 bridgehead atoms. The first-order valence-corrected chi connectivity index (χ1v) is 19.3. The maximum absolute atomic E-state index is 7.73. The zero-order chi connectivity index (χ0) is 32.4. The molecule has 4 fully saturated rings. The zero-order valence-corrected chi connectivity index (χ0v) is 30.0. The molecule has 4 saturated heterocycles. The summed E-state index contributed by atoms with van der Waals surface area (Å²) >= 11 is 1.60. The summed E-state index contributed by atoms with van der Waals surface area (Å²) < 4.78 is 54.0. The van der Waals surface area contributed by atoms with Crippen molar-refractivity contribution in [2.45, 2.75) is 139 Å². The van der Waals surface area contributed by atoms with Crippen LogP contribution in [0.2, 0.25) is 5.04 Å². The van der Waals surface area contributed by atoms with Gasteiger partial charge in [-0.25, -0.2) is 0 Å². The number of fused-ring (bicyclic) bond motifs is 2. The van der Waals surface area contributed by atoms with E-state index in [-0.39, 0.29) is 41.0 Å². The molecule has 0 radical (unpaired) electrons. The topological polar surface area (TPSA) is 73.8 Å². The van der Waals surface area contributed by atoms with Gasteiger partial charge in [-0.15, -0.1) is 11.8 Å². The molecule has 0 aliphatic carbocycles. The number of hydrogen-bond donors (Lipinski definition) is 0. The second-order valence-corrected chi connectivity index (χ2v) is 19.8. The lowest BCUT2D eigenvalue weighted by Crippen LogP contribution is -2.72. The van der Waals surface area contributed by atoms with Crippen molar-refractivity contribution in [2.75, 3.05) is 6.26 Å². The SMILES string of the molecule is CS[C@H]1O[C@@H](C)[C@H]2OC(C)(C)O[C@H]2[C@@H]1O[C@@H]1O[C@@H](C)[C@H]2OC(C)(C)O[C@H]2[C@@H]1O[Si](c1ccccc1)(c1ccccc1)C(C)(C)C. The van der Waals surface area contributed by atoms with Crippen LogP contribution in [0.15, 0.2) is 60.7 Å². The molecule has 45 heavy (non-hydrogen) atoms. The average molecular weight is 659 g/mol. The first kappa shape index (κ1) is 33.6. The van der Waals surface area contributed by atoms with E-state index in [1.54, 1.807) is 11.8 Å². The van der Waals surface area contributed by atoms with Crippen molar-refractivity contribution in [2.24, 2.45) is 0 Å². The number of benzene rings is 2. The molecule has 8 nitrogen and oxygen atoms in total. The molecule has 0 aromatic heterocycles. The average Bonchev–Trinajstić information content (AvgIpc) is 3.50. The third kappa shape index (κ3) is 6.21. The molecule has 0 amide bonds. The summed E-state index contributed by atoms with van der Waals surface area (Å²) in [5, 5.41) is 2.07. The second kappa shape index (κ2) is 12.3. The fraction of sp³-hybridized carbons (Fsp3) is 0.657. The number of ether oxygens (including phenoxy) is 7. The maximum Gasteiger partial charge on any atom is 0.261 e. The Bertz CT molecular complexity index is 1260. The molecule has 4 aliphatic rings. The molecule has 4 heterocycles. The van der Waals surface area contributed by atoms with Crippen molar-refractivity contribution >= 4 is 30.5 Å². The van der Waals surface area contributed by atoms with Crippen LogP contribution in [-0.4, -0.2) is 86.7 Å². The number of rotatable bonds is 7. The predicted octanol–water partition coefficient (Wildman–Crippen LogP) is 5.21. The van der Waals surface area contributed by atoms with Gasteiger partial charge < -0.3 is 37.6 Å². The fourth-order valence-corrected chi connectivity index (χ4v) is 13.0. The van der Waals surface area contributed by atoms with E-state index in [0.29, 0.717) is 0 Å². The third-order valence-corrected chi connectivity index (χ3v) is 15.3. The minimum Gasteiger partial charge on any atom is -0.396 e. The van der Waals surface area contributed by atoms with Crippen molar-refractivity contribution in [1.82, 2.24) is 0 Å². The van der Waals surface area contributed by atoms with Crippen LogP contribution in [0.25, 0.3) is 0 Å². The van der Waals surface area contributed by atoms with Gasteiger partial charge in [0.05, 0.1) is 12.2 Å². The Morgan fingerprint density at radius 3 is 1.58 bits per heavy atom. The molecule has 0 spiro atoms. The Morgan fingerprint density at radius 1 is 0.667 bits per heavy atom.